The molecule has 7 atom stereocenters. The molecule has 0 aromatic heterocycles. The van der Waals surface area contributed by atoms with Gasteiger partial charge in [0.25, 0.3) is 0 Å². The molecular weight excluding hydrogens is 288 g/mol. The lowest BCUT2D eigenvalue weighted by Gasteiger charge is -2.55. The van der Waals surface area contributed by atoms with Gasteiger partial charge < -0.3 is 0 Å². The highest BCUT2D eigenvalue weighted by Gasteiger charge is 2.51. The molecule has 0 aromatic carbocycles. The Morgan fingerprint density at radius 1 is 0.500 bits per heavy atom. The molecule has 0 N–H and O–H groups in total. The van der Waals surface area contributed by atoms with Crippen molar-refractivity contribution in [3.8, 4) is 0 Å². The van der Waals surface area contributed by atoms with Crippen molar-refractivity contribution >= 4 is 0 Å². The second-order valence-electron chi connectivity index (χ2n) is 10.00. The van der Waals surface area contributed by atoms with Crippen molar-refractivity contribution in [1.82, 2.24) is 0 Å². The van der Waals surface area contributed by atoms with E-state index in [0.29, 0.717) is 0 Å². The van der Waals surface area contributed by atoms with Crippen LogP contribution in [0, 0.1) is 41.4 Å². The maximum atomic E-state index is 2.55. The number of rotatable bonds is 0. The third-order valence-corrected chi connectivity index (χ3v) is 8.87. The Balaban J connectivity index is 1.70. The number of hydrogen-bond donors (Lipinski definition) is 0. The average molecular weight is 325 g/mol. The standard InChI is InChI=1S/C24H36/c1-14-8-11-19-21-13-10-16(3)22-15(2)9-12-20(24(21)22)18-7-5-4-6-17(14)23(18)19/h14-16,18-21H,4-13H2,1-3H3. The molecule has 5 aliphatic rings. The van der Waals surface area contributed by atoms with Gasteiger partial charge in [0.2, 0.25) is 0 Å². The van der Waals surface area contributed by atoms with E-state index in [1.165, 1.54) is 64.2 Å². The molecule has 1 fully saturated rings. The summed E-state index contributed by atoms with van der Waals surface area (Å²) >= 11 is 0. The van der Waals surface area contributed by atoms with Crippen molar-refractivity contribution in [2.24, 2.45) is 41.4 Å². The fraction of sp³-hybridized carbons (Fsp3) is 0.833. The Morgan fingerprint density at radius 2 is 1.04 bits per heavy atom. The lowest BCUT2D eigenvalue weighted by Crippen LogP contribution is -2.44. The minimum atomic E-state index is 0.882. The molecule has 0 amide bonds. The summed E-state index contributed by atoms with van der Waals surface area (Å²) in [6, 6.07) is 0. The second-order valence-corrected chi connectivity index (χ2v) is 10.00. The predicted octanol–water partition coefficient (Wildman–Crippen LogP) is 6.92. The van der Waals surface area contributed by atoms with Crippen molar-refractivity contribution in [2.45, 2.75) is 85.0 Å². The summed E-state index contributed by atoms with van der Waals surface area (Å²) < 4.78 is 0. The van der Waals surface area contributed by atoms with Crippen molar-refractivity contribution in [2.75, 3.05) is 0 Å². The fourth-order valence-electron chi connectivity index (χ4n) is 7.93. The van der Waals surface area contributed by atoms with Gasteiger partial charge in [0.05, 0.1) is 0 Å². The van der Waals surface area contributed by atoms with Crippen LogP contribution in [0.1, 0.15) is 85.0 Å². The first-order valence-electron chi connectivity index (χ1n) is 11.1. The Labute approximate surface area is 149 Å². The van der Waals surface area contributed by atoms with E-state index in [1.807, 2.05) is 22.3 Å². The molecular formula is C24H36. The van der Waals surface area contributed by atoms with E-state index in [1.54, 1.807) is 0 Å². The van der Waals surface area contributed by atoms with Crippen molar-refractivity contribution in [3.63, 3.8) is 0 Å². The maximum absolute atomic E-state index is 2.55. The molecule has 0 nitrogen and oxygen atoms in total. The van der Waals surface area contributed by atoms with Gasteiger partial charge in [0, 0.05) is 0 Å². The van der Waals surface area contributed by atoms with Crippen LogP contribution in [0.15, 0.2) is 22.3 Å². The van der Waals surface area contributed by atoms with E-state index >= 15 is 0 Å². The smallest absolute Gasteiger partial charge is 0.0131 e. The van der Waals surface area contributed by atoms with Gasteiger partial charge in [-0.25, -0.2) is 0 Å². The first-order valence-corrected chi connectivity index (χ1v) is 11.1. The third kappa shape index (κ3) is 2.10. The highest BCUT2D eigenvalue weighted by atomic mass is 14.6. The summed E-state index contributed by atoms with van der Waals surface area (Å²) in [6.45, 7) is 7.64. The van der Waals surface area contributed by atoms with E-state index in [9.17, 15) is 0 Å². The average Bonchev–Trinajstić information content (AvgIpc) is 2.80. The van der Waals surface area contributed by atoms with Crippen LogP contribution >= 0.6 is 0 Å². The molecule has 24 heavy (non-hydrogen) atoms. The van der Waals surface area contributed by atoms with Gasteiger partial charge in [-0.05, 0) is 99.2 Å². The molecule has 0 aromatic rings. The molecule has 0 spiro atoms. The van der Waals surface area contributed by atoms with Crippen LogP contribution in [-0.4, -0.2) is 0 Å². The first kappa shape index (κ1) is 15.7. The van der Waals surface area contributed by atoms with Gasteiger partial charge in [0.1, 0.15) is 0 Å². The van der Waals surface area contributed by atoms with Gasteiger partial charge in [-0.2, -0.15) is 0 Å². The summed E-state index contributed by atoms with van der Waals surface area (Å²) in [5, 5.41) is 0. The van der Waals surface area contributed by atoms with Crippen LogP contribution in [-0.2, 0) is 0 Å². The van der Waals surface area contributed by atoms with E-state index in [2.05, 4.69) is 20.8 Å². The molecule has 7 unspecified atom stereocenters. The van der Waals surface area contributed by atoms with Crippen molar-refractivity contribution in [3.05, 3.63) is 22.3 Å². The lowest BCUT2D eigenvalue weighted by atomic mass is 9.50. The lowest BCUT2D eigenvalue weighted by molar-refractivity contribution is 0.159. The summed E-state index contributed by atoms with van der Waals surface area (Å²) in [5.74, 6) is 6.48. The zero-order valence-corrected chi connectivity index (χ0v) is 16.1. The van der Waals surface area contributed by atoms with Crippen molar-refractivity contribution in [1.29, 1.82) is 0 Å². The Bertz CT molecular complexity index is 585. The Hall–Kier alpha value is -0.520. The van der Waals surface area contributed by atoms with Gasteiger partial charge in [-0.15, -0.1) is 0 Å². The molecule has 0 bridgehead atoms. The zero-order valence-electron chi connectivity index (χ0n) is 16.1. The van der Waals surface area contributed by atoms with Gasteiger partial charge >= 0.3 is 0 Å². The number of hydrogen-bond acceptors (Lipinski definition) is 0. The zero-order chi connectivity index (χ0) is 16.4. The number of allylic oxidation sites excluding steroid dienone is 4. The van der Waals surface area contributed by atoms with Crippen LogP contribution in [0.25, 0.3) is 0 Å². The first-order chi connectivity index (χ1) is 11.7. The summed E-state index contributed by atoms with van der Waals surface area (Å²) in [7, 11) is 0. The number of fused-ring (bicyclic) bond motifs is 2. The summed E-state index contributed by atoms with van der Waals surface area (Å²) in [4.78, 5) is 0. The van der Waals surface area contributed by atoms with Crippen molar-refractivity contribution < 1.29 is 0 Å². The van der Waals surface area contributed by atoms with Crippen LogP contribution in [0.5, 0.6) is 0 Å². The molecule has 0 heteroatoms. The topological polar surface area (TPSA) is 0 Å². The Morgan fingerprint density at radius 3 is 1.71 bits per heavy atom. The van der Waals surface area contributed by atoms with Crippen LogP contribution in [0.2, 0.25) is 0 Å². The molecule has 0 saturated heterocycles. The SMILES string of the molecule is CC1CCC2C3=C1CCCCC3C1CCC(C)C3=C1C2CCC3C. The van der Waals surface area contributed by atoms with Gasteiger partial charge in [-0.1, -0.05) is 49.5 Å². The second kappa shape index (κ2) is 5.75. The van der Waals surface area contributed by atoms with Crippen LogP contribution in [0.3, 0.4) is 0 Å². The highest BCUT2D eigenvalue weighted by Crippen LogP contribution is 2.62. The predicted molar refractivity (Wildman–Crippen MR) is 102 cm³/mol. The highest BCUT2D eigenvalue weighted by molar-refractivity contribution is 5.41. The Kier molecular flexibility index (Phi) is 3.76. The fourth-order valence-corrected chi connectivity index (χ4v) is 7.93. The van der Waals surface area contributed by atoms with E-state index in [4.69, 9.17) is 0 Å². The molecule has 1 saturated carbocycles. The van der Waals surface area contributed by atoms with E-state index < -0.39 is 0 Å². The van der Waals surface area contributed by atoms with Crippen LogP contribution in [0.4, 0.5) is 0 Å². The van der Waals surface area contributed by atoms with E-state index in [-0.39, 0.29) is 0 Å². The minimum absolute atomic E-state index is 0.882. The normalized spacial score (nSPS) is 47.9. The molecule has 0 aliphatic heterocycles. The minimum Gasteiger partial charge on any atom is -0.0676 e. The summed E-state index contributed by atoms with van der Waals surface area (Å²) in [6.07, 6.45) is 14.9. The monoisotopic (exact) mass is 324 g/mol. The molecule has 132 valence electrons. The third-order valence-electron chi connectivity index (χ3n) is 8.87. The van der Waals surface area contributed by atoms with E-state index in [0.717, 1.165) is 41.4 Å². The van der Waals surface area contributed by atoms with Gasteiger partial charge in [-0.3, -0.25) is 0 Å². The van der Waals surface area contributed by atoms with Gasteiger partial charge in [0.15, 0.2) is 0 Å². The molecule has 5 rings (SSSR count). The molecule has 0 heterocycles. The molecule has 5 aliphatic carbocycles. The maximum Gasteiger partial charge on any atom is -0.0131 e. The largest absolute Gasteiger partial charge is 0.0676 e. The van der Waals surface area contributed by atoms with Crippen LogP contribution < -0.4 is 0 Å². The quantitative estimate of drug-likeness (QED) is 0.424. The molecule has 0 radical (unpaired) electrons. The summed E-state index contributed by atoms with van der Waals surface area (Å²) in [5.41, 5.74) is 8.02.